The fourth-order valence-corrected chi connectivity index (χ4v) is 2.03. The summed E-state index contributed by atoms with van der Waals surface area (Å²) < 4.78 is 0. The average molecular weight is 264 g/mol. The molecule has 20 heavy (non-hydrogen) atoms. The third-order valence-corrected chi connectivity index (χ3v) is 3.09. The summed E-state index contributed by atoms with van der Waals surface area (Å²) in [7, 11) is 0. The van der Waals surface area contributed by atoms with Gasteiger partial charge in [0.2, 0.25) is 5.91 Å². The van der Waals surface area contributed by atoms with E-state index in [0.29, 0.717) is 17.7 Å². The van der Waals surface area contributed by atoms with Crippen LogP contribution in [0.3, 0.4) is 0 Å². The first kappa shape index (κ1) is 13.8. The molecule has 0 saturated carbocycles. The SMILES string of the molecule is Cc1cccc(CC(=O)Nc2cc(C#N)ccc2C)c1. The monoisotopic (exact) mass is 264 g/mol. The molecule has 2 aromatic rings. The molecule has 2 aromatic carbocycles. The average Bonchev–Trinajstić information content (AvgIpc) is 2.41. The minimum atomic E-state index is -0.0752. The quantitative estimate of drug-likeness (QED) is 0.924. The van der Waals surface area contributed by atoms with Gasteiger partial charge >= 0.3 is 0 Å². The lowest BCUT2D eigenvalue weighted by Crippen LogP contribution is -2.15. The highest BCUT2D eigenvalue weighted by atomic mass is 16.1. The van der Waals surface area contributed by atoms with Gasteiger partial charge < -0.3 is 5.32 Å². The second kappa shape index (κ2) is 6.03. The Morgan fingerprint density at radius 1 is 1.20 bits per heavy atom. The Kier molecular flexibility index (Phi) is 4.17. The van der Waals surface area contributed by atoms with Gasteiger partial charge in [0.1, 0.15) is 0 Å². The molecule has 1 amide bonds. The number of carbonyl (C=O) groups excluding carboxylic acids is 1. The Bertz CT molecular complexity index is 684. The van der Waals surface area contributed by atoms with Crippen LogP contribution in [-0.4, -0.2) is 5.91 Å². The van der Waals surface area contributed by atoms with E-state index in [1.165, 1.54) is 0 Å². The third-order valence-electron chi connectivity index (χ3n) is 3.09. The lowest BCUT2D eigenvalue weighted by Gasteiger charge is -2.09. The molecule has 0 aliphatic rings. The number of aryl methyl sites for hydroxylation is 2. The molecule has 0 aliphatic carbocycles. The van der Waals surface area contributed by atoms with Crippen molar-refractivity contribution in [2.45, 2.75) is 20.3 Å². The normalized spacial score (nSPS) is 9.85. The van der Waals surface area contributed by atoms with Crippen molar-refractivity contribution in [1.29, 1.82) is 5.26 Å². The fourth-order valence-electron chi connectivity index (χ4n) is 2.03. The number of nitrogens with zero attached hydrogens (tertiary/aromatic N) is 1. The molecule has 0 atom stereocenters. The van der Waals surface area contributed by atoms with E-state index >= 15 is 0 Å². The van der Waals surface area contributed by atoms with Crippen molar-refractivity contribution >= 4 is 11.6 Å². The smallest absolute Gasteiger partial charge is 0.228 e. The summed E-state index contributed by atoms with van der Waals surface area (Å²) in [5.41, 5.74) is 4.30. The van der Waals surface area contributed by atoms with Gasteiger partial charge in [-0.05, 0) is 37.1 Å². The summed E-state index contributed by atoms with van der Waals surface area (Å²) in [5, 5.41) is 11.8. The van der Waals surface area contributed by atoms with Crippen molar-refractivity contribution in [2.75, 3.05) is 5.32 Å². The van der Waals surface area contributed by atoms with Gasteiger partial charge in [-0.15, -0.1) is 0 Å². The Morgan fingerprint density at radius 2 is 2.00 bits per heavy atom. The standard InChI is InChI=1S/C17H16N2O/c1-12-4-3-5-14(8-12)10-17(20)19-16-9-15(11-18)7-6-13(16)2/h3-9H,10H2,1-2H3,(H,19,20). The van der Waals surface area contributed by atoms with Crippen molar-refractivity contribution in [3.8, 4) is 6.07 Å². The van der Waals surface area contributed by atoms with Crippen LogP contribution in [0, 0.1) is 25.2 Å². The van der Waals surface area contributed by atoms with Gasteiger partial charge in [-0.25, -0.2) is 0 Å². The fraction of sp³-hybridized carbons (Fsp3) is 0.176. The third kappa shape index (κ3) is 3.46. The van der Waals surface area contributed by atoms with E-state index in [1.807, 2.05) is 44.2 Å². The molecule has 3 nitrogen and oxygen atoms in total. The van der Waals surface area contributed by atoms with Gasteiger partial charge in [0.05, 0.1) is 18.1 Å². The van der Waals surface area contributed by atoms with Crippen LogP contribution < -0.4 is 5.32 Å². The highest BCUT2D eigenvalue weighted by molar-refractivity contribution is 5.93. The van der Waals surface area contributed by atoms with E-state index < -0.39 is 0 Å². The van der Waals surface area contributed by atoms with Crippen molar-refractivity contribution in [3.63, 3.8) is 0 Å². The number of carbonyl (C=O) groups is 1. The topological polar surface area (TPSA) is 52.9 Å². The zero-order valence-electron chi connectivity index (χ0n) is 11.6. The van der Waals surface area contributed by atoms with Crippen molar-refractivity contribution < 1.29 is 4.79 Å². The Labute approximate surface area is 118 Å². The minimum absolute atomic E-state index is 0.0752. The van der Waals surface area contributed by atoms with E-state index in [4.69, 9.17) is 5.26 Å². The molecule has 0 aliphatic heterocycles. The van der Waals surface area contributed by atoms with Crippen LogP contribution in [0.2, 0.25) is 0 Å². The molecular weight excluding hydrogens is 248 g/mol. The minimum Gasteiger partial charge on any atom is -0.326 e. The van der Waals surface area contributed by atoms with Gasteiger partial charge in [0.15, 0.2) is 0 Å². The summed E-state index contributed by atoms with van der Waals surface area (Å²) in [5.74, 6) is -0.0752. The van der Waals surface area contributed by atoms with Gasteiger partial charge in [-0.2, -0.15) is 5.26 Å². The van der Waals surface area contributed by atoms with Crippen molar-refractivity contribution in [2.24, 2.45) is 0 Å². The molecule has 0 aromatic heterocycles. The molecule has 0 unspecified atom stereocenters. The number of nitrogens with one attached hydrogen (secondary N) is 1. The van der Waals surface area contributed by atoms with Crippen LogP contribution in [0.1, 0.15) is 22.3 Å². The van der Waals surface area contributed by atoms with E-state index in [1.54, 1.807) is 12.1 Å². The predicted octanol–water partition coefficient (Wildman–Crippen LogP) is 3.36. The lowest BCUT2D eigenvalue weighted by atomic mass is 10.1. The lowest BCUT2D eigenvalue weighted by molar-refractivity contribution is -0.115. The zero-order valence-corrected chi connectivity index (χ0v) is 11.6. The number of benzene rings is 2. The van der Waals surface area contributed by atoms with Crippen LogP contribution in [0.25, 0.3) is 0 Å². The number of rotatable bonds is 3. The molecule has 2 rings (SSSR count). The Morgan fingerprint density at radius 3 is 2.70 bits per heavy atom. The maximum Gasteiger partial charge on any atom is 0.228 e. The number of nitriles is 1. The maximum atomic E-state index is 12.1. The molecule has 3 heteroatoms. The van der Waals surface area contributed by atoms with Gasteiger partial charge in [-0.1, -0.05) is 35.9 Å². The highest BCUT2D eigenvalue weighted by Crippen LogP contribution is 2.17. The van der Waals surface area contributed by atoms with E-state index in [0.717, 1.165) is 16.7 Å². The summed E-state index contributed by atoms with van der Waals surface area (Å²) in [4.78, 5) is 12.1. The molecule has 0 spiro atoms. The van der Waals surface area contributed by atoms with Crippen LogP contribution >= 0.6 is 0 Å². The van der Waals surface area contributed by atoms with Crippen LogP contribution in [0.4, 0.5) is 5.69 Å². The first-order chi connectivity index (χ1) is 9.58. The summed E-state index contributed by atoms with van der Waals surface area (Å²) in [6, 6.07) is 15.2. The Hall–Kier alpha value is -2.60. The first-order valence-electron chi connectivity index (χ1n) is 6.44. The van der Waals surface area contributed by atoms with Crippen molar-refractivity contribution in [1.82, 2.24) is 0 Å². The molecule has 100 valence electrons. The number of hydrogen-bond donors (Lipinski definition) is 1. The highest BCUT2D eigenvalue weighted by Gasteiger charge is 2.07. The predicted molar refractivity (Wildman–Crippen MR) is 79.4 cm³/mol. The number of hydrogen-bond acceptors (Lipinski definition) is 2. The summed E-state index contributed by atoms with van der Waals surface area (Å²) in [6.45, 7) is 3.91. The van der Waals surface area contributed by atoms with Crippen LogP contribution in [0.15, 0.2) is 42.5 Å². The largest absolute Gasteiger partial charge is 0.326 e. The molecule has 0 radical (unpaired) electrons. The number of anilines is 1. The van der Waals surface area contributed by atoms with E-state index in [9.17, 15) is 4.79 Å². The van der Waals surface area contributed by atoms with Gasteiger partial charge in [-0.3, -0.25) is 4.79 Å². The first-order valence-corrected chi connectivity index (χ1v) is 6.44. The molecular formula is C17H16N2O. The second-order valence-electron chi connectivity index (χ2n) is 4.86. The van der Waals surface area contributed by atoms with Crippen LogP contribution in [-0.2, 0) is 11.2 Å². The summed E-state index contributed by atoms with van der Waals surface area (Å²) in [6.07, 6.45) is 0.331. The van der Waals surface area contributed by atoms with E-state index in [2.05, 4.69) is 11.4 Å². The zero-order chi connectivity index (χ0) is 14.5. The van der Waals surface area contributed by atoms with Gasteiger partial charge in [0.25, 0.3) is 0 Å². The second-order valence-corrected chi connectivity index (χ2v) is 4.86. The molecule has 0 heterocycles. The molecule has 1 N–H and O–H groups in total. The Balaban J connectivity index is 2.10. The molecule has 0 bridgehead atoms. The van der Waals surface area contributed by atoms with Crippen molar-refractivity contribution in [3.05, 3.63) is 64.7 Å². The maximum absolute atomic E-state index is 12.1. The van der Waals surface area contributed by atoms with Gasteiger partial charge in [0, 0.05) is 5.69 Å². The molecule has 0 saturated heterocycles. The molecule has 0 fully saturated rings. The van der Waals surface area contributed by atoms with E-state index in [-0.39, 0.29) is 5.91 Å². The summed E-state index contributed by atoms with van der Waals surface area (Å²) >= 11 is 0. The van der Waals surface area contributed by atoms with Crippen LogP contribution in [0.5, 0.6) is 0 Å². The number of amides is 1.